The van der Waals surface area contributed by atoms with Gasteiger partial charge in [-0.05, 0) is 24.8 Å². The van der Waals surface area contributed by atoms with Gasteiger partial charge in [0.05, 0.1) is 5.41 Å². The molecule has 2 fully saturated rings. The van der Waals surface area contributed by atoms with E-state index in [1.54, 1.807) is 7.11 Å². The van der Waals surface area contributed by atoms with E-state index in [2.05, 4.69) is 12.1 Å². The third kappa shape index (κ3) is 3.54. The highest BCUT2D eigenvalue weighted by Crippen LogP contribution is 2.46. The number of hydrogen-bond acceptors (Lipinski definition) is 3. The van der Waals surface area contributed by atoms with Gasteiger partial charge in [-0.1, -0.05) is 36.8 Å². The molecule has 1 aliphatic heterocycles. The monoisotopic (exact) mass is 338 g/mol. The molecular weight excluding hydrogens is 312 g/mol. The van der Waals surface area contributed by atoms with Gasteiger partial charge in [0.1, 0.15) is 0 Å². The molecule has 3 rings (SSSR count). The molecule has 1 amide bonds. The molecule has 128 valence electrons. The Hall–Kier alpha value is -1.10. The number of nitrogens with zero attached hydrogens (tertiary/aromatic N) is 1. The highest BCUT2D eigenvalue weighted by Gasteiger charge is 2.48. The summed E-state index contributed by atoms with van der Waals surface area (Å²) in [5.74, 6) is 0.550. The summed E-state index contributed by atoms with van der Waals surface area (Å²) in [5, 5.41) is 0. The average molecular weight is 339 g/mol. The Labute approximate surface area is 144 Å². The normalized spacial score (nSPS) is 25.6. The summed E-state index contributed by atoms with van der Waals surface area (Å²) >= 11 is 0. The minimum absolute atomic E-state index is 0. The topological polar surface area (TPSA) is 55.6 Å². The quantitative estimate of drug-likeness (QED) is 0.897. The maximum atomic E-state index is 13.0. The van der Waals surface area contributed by atoms with Crippen LogP contribution in [0.5, 0.6) is 0 Å². The zero-order valence-electron chi connectivity index (χ0n) is 13.7. The Balaban J connectivity index is 0.00000192. The summed E-state index contributed by atoms with van der Waals surface area (Å²) < 4.78 is 5.20. The molecule has 2 atom stereocenters. The van der Waals surface area contributed by atoms with Gasteiger partial charge in [0.15, 0.2) is 0 Å². The first-order valence-corrected chi connectivity index (χ1v) is 8.25. The molecule has 1 saturated carbocycles. The zero-order valence-corrected chi connectivity index (χ0v) is 14.6. The Bertz CT molecular complexity index is 519. The number of benzene rings is 1. The standard InChI is InChI=1S/C18H26N2O2.ClH/c1-22-11-10-18(8-5-9-18)17(21)20-12-15(16(19)13-20)14-6-3-2-4-7-14;/h2-4,6-7,15-16H,5,8-13,19H2,1H3;1H/t15-,16+;/m0./s1. The molecule has 1 aliphatic carbocycles. The molecule has 2 N–H and O–H groups in total. The summed E-state index contributed by atoms with van der Waals surface area (Å²) in [4.78, 5) is 15.0. The van der Waals surface area contributed by atoms with E-state index in [0.29, 0.717) is 19.1 Å². The summed E-state index contributed by atoms with van der Waals surface area (Å²) in [6.07, 6.45) is 3.98. The van der Waals surface area contributed by atoms with Crippen molar-refractivity contribution in [3.63, 3.8) is 0 Å². The van der Waals surface area contributed by atoms with Gasteiger partial charge in [-0.15, -0.1) is 12.4 Å². The maximum absolute atomic E-state index is 13.0. The van der Waals surface area contributed by atoms with Crippen LogP contribution in [0, 0.1) is 5.41 Å². The van der Waals surface area contributed by atoms with E-state index in [9.17, 15) is 4.79 Å². The number of nitrogens with two attached hydrogens (primary N) is 1. The van der Waals surface area contributed by atoms with E-state index in [1.807, 2.05) is 23.1 Å². The lowest BCUT2D eigenvalue weighted by Crippen LogP contribution is -2.48. The molecule has 0 radical (unpaired) electrons. The number of rotatable bonds is 5. The highest BCUT2D eigenvalue weighted by atomic mass is 35.5. The van der Waals surface area contributed by atoms with Crippen molar-refractivity contribution in [3.05, 3.63) is 35.9 Å². The largest absolute Gasteiger partial charge is 0.385 e. The van der Waals surface area contributed by atoms with E-state index >= 15 is 0 Å². The van der Waals surface area contributed by atoms with Crippen LogP contribution in [-0.4, -0.2) is 43.7 Å². The van der Waals surface area contributed by atoms with Crippen LogP contribution in [0.4, 0.5) is 0 Å². The molecule has 1 saturated heterocycles. The smallest absolute Gasteiger partial charge is 0.228 e. The summed E-state index contributed by atoms with van der Waals surface area (Å²) in [7, 11) is 1.70. The lowest BCUT2D eigenvalue weighted by Gasteiger charge is -2.42. The molecule has 1 aromatic rings. The predicted octanol–water partition coefficient (Wildman–Crippen LogP) is 2.57. The van der Waals surface area contributed by atoms with Crippen molar-refractivity contribution in [2.45, 2.75) is 37.6 Å². The molecule has 23 heavy (non-hydrogen) atoms. The van der Waals surface area contributed by atoms with Crippen molar-refractivity contribution >= 4 is 18.3 Å². The number of carbonyl (C=O) groups is 1. The van der Waals surface area contributed by atoms with Crippen LogP contribution in [0.15, 0.2) is 30.3 Å². The van der Waals surface area contributed by atoms with Crippen molar-refractivity contribution < 1.29 is 9.53 Å². The second-order valence-electron chi connectivity index (χ2n) is 6.77. The van der Waals surface area contributed by atoms with E-state index in [1.165, 1.54) is 5.56 Å². The van der Waals surface area contributed by atoms with Crippen molar-refractivity contribution in [2.24, 2.45) is 11.1 Å². The summed E-state index contributed by atoms with van der Waals surface area (Å²) in [6.45, 7) is 2.08. The first-order chi connectivity index (χ1) is 10.7. The minimum atomic E-state index is -0.179. The van der Waals surface area contributed by atoms with Crippen LogP contribution in [0.3, 0.4) is 0 Å². The zero-order chi connectivity index (χ0) is 15.6. The van der Waals surface area contributed by atoms with Crippen LogP contribution in [0.25, 0.3) is 0 Å². The number of hydrogen-bond donors (Lipinski definition) is 1. The van der Waals surface area contributed by atoms with Crippen molar-refractivity contribution in [3.8, 4) is 0 Å². The van der Waals surface area contributed by atoms with Gasteiger partial charge in [0.25, 0.3) is 0 Å². The number of ether oxygens (including phenoxy) is 1. The molecule has 0 bridgehead atoms. The van der Waals surface area contributed by atoms with Crippen molar-refractivity contribution in [1.82, 2.24) is 4.90 Å². The molecule has 1 heterocycles. The van der Waals surface area contributed by atoms with E-state index < -0.39 is 0 Å². The molecule has 0 unspecified atom stereocenters. The van der Waals surface area contributed by atoms with Gasteiger partial charge >= 0.3 is 0 Å². The lowest BCUT2D eigenvalue weighted by molar-refractivity contribution is -0.148. The maximum Gasteiger partial charge on any atom is 0.228 e. The summed E-state index contributed by atoms with van der Waals surface area (Å²) in [5.41, 5.74) is 7.38. The number of likely N-dealkylation sites (tertiary alicyclic amines) is 1. The van der Waals surface area contributed by atoms with Gasteiger partial charge < -0.3 is 15.4 Å². The Morgan fingerprint density at radius 3 is 2.57 bits per heavy atom. The van der Waals surface area contributed by atoms with Crippen LogP contribution in [0.2, 0.25) is 0 Å². The number of amides is 1. The van der Waals surface area contributed by atoms with Crippen molar-refractivity contribution in [2.75, 3.05) is 26.8 Å². The highest BCUT2D eigenvalue weighted by molar-refractivity contribution is 5.85. The van der Waals surface area contributed by atoms with Crippen LogP contribution >= 0.6 is 12.4 Å². The molecule has 2 aliphatic rings. The summed E-state index contributed by atoms with van der Waals surface area (Å²) in [6, 6.07) is 10.4. The number of carbonyl (C=O) groups excluding carboxylic acids is 1. The fraction of sp³-hybridized carbons (Fsp3) is 0.611. The molecule has 0 spiro atoms. The molecule has 4 nitrogen and oxygen atoms in total. The van der Waals surface area contributed by atoms with Crippen LogP contribution in [0.1, 0.15) is 37.2 Å². The minimum Gasteiger partial charge on any atom is -0.385 e. The Morgan fingerprint density at radius 2 is 2.00 bits per heavy atom. The molecule has 1 aromatic carbocycles. The van der Waals surface area contributed by atoms with Crippen molar-refractivity contribution in [1.29, 1.82) is 0 Å². The second kappa shape index (κ2) is 7.65. The van der Waals surface area contributed by atoms with E-state index in [4.69, 9.17) is 10.5 Å². The Kier molecular flexibility index (Phi) is 6.06. The second-order valence-corrected chi connectivity index (χ2v) is 6.77. The lowest BCUT2D eigenvalue weighted by atomic mass is 9.66. The van der Waals surface area contributed by atoms with Gasteiger partial charge in [-0.2, -0.15) is 0 Å². The molecular formula is C18H27ClN2O2. The Morgan fingerprint density at radius 1 is 1.30 bits per heavy atom. The first kappa shape index (κ1) is 18.2. The van der Waals surface area contributed by atoms with Crippen LogP contribution < -0.4 is 5.73 Å². The van der Waals surface area contributed by atoms with Gasteiger partial charge in [0.2, 0.25) is 5.91 Å². The predicted molar refractivity (Wildman–Crippen MR) is 93.8 cm³/mol. The molecule has 0 aromatic heterocycles. The number of halogens is 1. The SMILES string of the molecule is COCCC1(C(=O)N2C[C@@H](N)[C@H](c3ccccc3)C2)CCC1.Cl. The van der Waals surface area contributed by atoms with Gasteiger partial charge in [-0.3, -0.25) is 4.79 Å². The third-order valence-electron chi connectivity index (χ3n) is 5.43. The van der Waals surface area contributed by atoms with Gasteiger partial charge in [0, 0.05) is 38.8 Å². The fourth-order valence-electron chi connectivity index (χ4n) is 3.85. The van der Waals surface area contributed by atoms with E-state index in [0.717, 1.165) is 32.2 Å². The first-order valence-electron chi connectivity index (χ1n) is 8.25. The molecule has 5 heteroatoms. The van der Waals surface area contributed by atoms with E-state index in [-0.39, 0.29) is 29.8 Å². The number of methoxy groups -OCH3 is 1. The average Bonchev–Trinajstić information content (AvgIpc) is 2.89. The third-order valence-corrected chi connectivity index (χ3v) is 5.43. The fourth-order valence-corrected chi connectivity index (χ4v) is 3.85. The van der Waals surface area contributed by atoms with Gasteiger partial charge in [-0.25, -0.2) is 0 Å². The van der Waals surface area contributed by atoms with Crippen LogP contribution in [-0.2, 0) is 9.53 Å².